The van der Waals surface area contributed by atoms with Gasteiger partial charge in [0.15, 0.2) is 0 Å². The number of hydrogen-bond donors (Lipinski definition) is 2. The van der Waals surface area contributed by atoms with Crippen molar-refractivity contribution in [3.63, 3.8) is 0 Å². The minimum atomic E-state index is -4.73. The van der Waals surface area contributed by atoms with E-state index in [4.69, 9.17) is 16.3 Å². The van der Waals surface area contributed by atoms with Gasteiger partial charge >= 0.3 is 18.2 Å². The lowest BCUT2D eigenvalue weighted by Gasteiger charge is -2.20. The minimum Gasteiger partial charge on any atom is -0.481 e. The van der Waals surface area contributed by atoms with Gasteiger partial charge in [-0.05, 0) is 39.9 Å². The molecule has 0 bridgehead atoms. The molecule has 9 heteroatoms. The number of aliphatic carboxylic acids is 1. The minimum absolute atomic E-state index is 0.0198. The second-order valence-electron chi connectivity index (χ2n) is 7.86. The monoisotopic (exact) mass is 489 g/mol. The lowest BCUT2D eigenvalue weighted by atomic mass is 9.98. The van der Waals surface area contributed by atoms with Crippen molar-refractivity contribution in [3.05, 3.63) is 94.0 Å². The summed E-state index contributed by atoms with van der Waals surface area (Å²) >= 11 is 5.65. The number of hydrogen-bond acceptors (Lipinski definition) is 3. The van der Waals surface area contributed by atoms with Crippen molar-refractivity contribution in [2.24, 2.45) is 0 Å². The van der Waals surface area contributed by atoms with Crippen LogP contribution in [-0.4, -0.2) is 23.8 Å². The third-order valence-corrected chi connectivity index (χ3v) is 6.04. The average Bonchev–Trinajstić information content (AvgIpc) is 3.10. The van der Waals surface area contributed by atoms with E-state index in [9.17, 15) is 27.9 Å². The van der Waals surface area contributed by atoms with Gasteiger partial charge in [0.05, 0.1) is 23.0 Å². The summed E-state index contributed by atoms with van der Waals surface area (Å²) in [5, 5.41) is 11.1. The molecule has 1 aliphatic carbocycles. The molecule has 0 aromatic heterocycles. The van der Waals surface area contributed by atoms with E-state index in [1.807, 2.05) is 48.5 Å². The SMILES string of the molecule is O=C(O)C[C@H](NC(=O)OCC1c2ccccc2-c2ccccc21)c1ccc(Cl)c(C(F)(F)F)c1. The Kier molecular flexibility index (Phi) is 6.52. The third-order valence-electron chi connectivity index (χ3n) is 5.71. The molecule has 1 aliphatic rings. The lowest BCUT2D eigenvalue weighted by molar-refractivity contribution is -0.138. The predicted octanol–water partition coefficient (Wildman–Crippen LogP) is 6.41. The molecule has 0 spiro atoms. The standard InChI is InChI=1S/C25H19ClF3NO4/c26-21-10-9-14(11-20(21)25(27,28)29)22(12-23(31)32)30-24(33)34-13-19-17-7-3-1-5-15(17)16-6-2-4-8-18(16)19/h1-11,19,22H,12-13H2,(H,30,33)(H,31,32)/t22-/m0/s1. The highest BCUT2D eigenvalue weighted by molar-refractivity contribution is 6.31. The van der Waals surface area contributed by atoms with Crippen LogP contribution in [0.5, 0.6) is 0 Å². The molecule has 3 aromatic rings. The normalized spacial score (nSPS) is 13.6. The second-order valence-corrected chi connectivity index (χ2v) is 8.26. The Morgan fingerprint density at radius 2 is 1.59 bits per heavy atom. The fraction of sp³-hybridized carbons (Fsp3) is 0.200. The molecule has 1 atom stereocenters. The number of carbonyl (C=O) groups excluding carboxylic acids is 1. The van der Waals surface area contributed by atoms with Gasteiger partial charge in [-0.25, -0.2) is 4.79 Å². The van der Waals surface area contributed by atoms with Gasteiger partial charge in [-0.2, -0.15) is 13.2 Å². The number of nitrogens with one attached hydrogen (secondary N) is 1. The molecular weight excluding hydrogens is 471 g/mol. The van der Waals surface area contributed by atoms with Crippen LogP contribution in [0, 0.1) is 0 Å². The summed E-state index contributed by atoms with van der Waals surface area (Å²) < 4.78 is 45.1. The van der Waals surface area contributed by atoms with Gasteiger partial charge in [-0.3, -0.25) is 4.79 Å². The van der Waals surface area contributed by atoms with Crippen LogP contribution in [0.2, 0.25) is 5.02 Å². The summed E-state index contributed by atoms with van der Waals surface area (Å²) in [5.41, 5.74) is 2.90. The quantitative estimate of drug-likeness (QED) is 0.419. The van der Waals surface area contributed by atoms with E-state index in [0.717, 1.165) is 34.4 Å². The lowest BCUT2D eigenvalue weighted by Crippen LogP contribution is -2.32. The van der Waals surface area contributed by atoms with Gasteiger partial charge in [-0.15, -0.1) is 0 Å². The van der Waals surface area contributed by atoms with Gasteiger partial charge < -0.3 is 15.2 Å². The largest absolute Gasteiger partial charge is 0.481 e. The number of carbonyl (C=O) groups is 2. The first-order chi connectivity index (χ1) is 16.1. The van der Waals surface area contributed by atoms with Crippen LogP contribution in [0.4, 0.5) is 18.0 Å². The molecule has 2 N–H and O–H groups in total. The number of amides is 1. The molecule has 0 radical (unpaired) electrons. The second kappa shape index (κ2) is 9.38. The van der Waals surface area contributed by atoms with E-state index < -0.39 is 41.3 Å². The van der Waals surface area contributed by atoms with Crippen LogP contribution in [-0.2, 0) is 15.7 Å². The van der Waals surface area contributed by atoms with Gasteiger partial charge in [0.25, 0.3) is 0 Å². The van der Waals surface area contributed by atoms with Crippen LogP contribution in [0.25, 0.3) is 11.1 Å². The molecule has 0 unspecified atom stereocenters. The molecule has 0 saturated carbocycles. The van der Waals surface area contributed by atoms with Crippen molar-refractivity contribution >= 4 is 23.7 Å². The number of alkyl halides is 3. The molecule has 0 saturated heterocycles. The van der Waals surface area contributed by atoms with Crippen LogP contribution in [0.15, 0.2) is 66.7 Å². The summed E-state index contributed by atoms with van der Waals surface area (Å²) in [6.45, 7) is -0.0198. The number of carboxylic acids is 1. The zero-order valence-corrected chi connectivity index (χ0v) is 18.4. The average molecular weight is 490 g/mol. The van der Waals surface area contributed by atoms with Gasteiger partial charge in [0.1, 0.15) is 6.61 Å². The Bertz CT molecular complexity index is 1200. The van der Waals surface area contributed by atoms with Crippen molar-refractivity contribution in [1.82, 2.24) is 5.32 Å². The number of ether oxygens (including phenoxy) is 1. The van der Waals surface area contributed by atoms with Crippen LogP contribution < -0.4 is 5.32 Å². The van der Waals surface area contributed by atoms with E-state index in [2.05, 4.69) is 5.32 Å². The number of alkyl carbamates (subject to hydrolysis) is 1. The third kappa shape index (κ3) is 4.87. The van der Waals surface area contributed by atoms with Crippen LogP contribution in [0.3, 0.4) is 0 Å². The first kappa shape index (κ1) is 23.6. The van der Waals surface area contributed by atoms with Crippen LogP contribution in [0.1, 0.15) is 40.6 Å². The summed E-state index contributed by atoms with van der Waals surface area (Å²) in [4.78, 5) is 23.9. The zero-order valence-electron chi connectivity index (χ0n) is 17.6. The summed E-state index contributed by atoms with van der Waals surface area (Å²) in [6, 6.07) is 17.2. The first-order valence-electron chi connectivity index (χ1n) is 10.3. The van der Waals surface area contributed by atoms with E-state index in [1.165, 1.54) is 6.07 Å². The molecule has 5 nitrogen and oxygen atoms in total. The predicted molar refractivity (Wildman–Crippen MR) is 120 cm³/mol. The highest BCUT2D eigenvalue weighted by atomic mass is 35.5. The van der Waals surface area contributed by atoms with Crippen molar-refractivity contribution in [2.75, 3.05) is 6.61 Å². The molecule has 3 aromatic carbocycles. The van der Waals surface area contributed by atoms with E-state index >= 15 is 0 Å². The number of halogens is 4. The smallest absolute Gasteiger partial charge is 0.417 e. The van der Waals surface area contributed by atoms with Gasteiger partial charge in [0, 0.05) is 5.92 Å². The van der Waals surface area contributed by atoms with Gasteiger partial charge in [0.2, 0.25) is 0 Å². The Morgan fingerprint density at radius 1 is 1.00 bits per heavy atom. The number of rotatable bonds is 6. The highest BCUT2D eigenvalue weighted by Gasteiger charge is 2.34. The van der Waals surface area contributed by atoms with Crippen LogP contribution >= 0.6 is 11.6 Å². The number of carboxylic acid groups (broad SMARTS) is 1. The first-order valence-corrected chi connectivity index (χ1v) is 10.7. The molecule has 0 fully saturated rings. The maximum Gasteiger partial charge on any atom is 0.417 e. The van der Waals surface area contributed by atoms with Crippen molar-refractivity contribution in [3.8, 4) is 11.1 Å². The fourth-order valence-electron chi connectivity index (χ4n) is 4.19. The summed E-state index contributed by atoms with van der Waals surface area (Å²) in [5.74, 6) is -1.52. The van der Waals surface area contributed by atoms with Crippen molar-refractivity contribution in [2.45, 2.75) is 24.6 Å². The molecule has 4 rings (SSSR count). The maximum atomic E-state index is 13.2. The Labute approximate surface area is 198 Å². The molecule has 0 aliphatic heterocycles. The van der Waals surface area contributed by atoms with E-state index in [1.54, 1.807) is 0 Å². The fourth-order valence-corrected chi connectivity index (χ4v) is 4.41. The molecule has 176 valence electrons. The van der Waals surface area contributed by atoms with E-state index in [0.29, 0.717) is 0 Å². The number of benzene rings is 3. The molecule has 34 heavy (non-hydrogen) atoms. The number of fused-ring (bicyclic) bond motifs is 3. The molecule has 1 amide bonds. The maximum absolute atomic E-state index is 13.2. The Balaban J connectivity index is 1.51. The Hall–Kier alpha value is -3.52. The highest BCUT2D eigenvalue weighted by Crippen LogP contribution is 2.44. The van der Waals surface area contributed by atoms with Crippen molar-refractivity contribution < 1.29 is 32.6 Å². The molecule has 0 heterocycles. The Morgan fingerprint density at radius 3 is 2.15 bits per heavy atom. The van der Waals surface area contributed by atoms with Gasteiger partial charge in [-0.1, -0.05) is 66.2 Å². The summed E-state index contributed by atoms with van der Waals surface area (Å²) in [7, 11) is 0. The molecular formula is C25H19ClF3NO4. The topological polar surface area (TPSA) is 75.6 Å². The van der Waals surface area contributed by atoms with Crippen molar-refractivity contribution in [1.29, 1.82) is 0 Å². The zero-order chi connectivity index (χ0) is 24.5. The summed E-state index contributed by atoms with van der Waals surface area (Å²) in [6.07, 6.45) is -6.30. The van der Waals surface area contributed by atoms with E-state index in [-0.39, 0.29) is 18.1 Å².